The van der Waals surface area contributed by atoms with E-state index in [0.717, 1.165) is 0 Å². The van der Waals surface area contributed by atoms with E-state index in [9.17, 15) is 9.59 Å². The number of carbonyl (C=O) groups excluding carboxylic acids is 2. The molecule has 1 aromatic heterocycles. The fraction of sp³-hybridized carbons (Fsp3) is 0.125. The predicted molar refractivity (Wildman–Crippen MR) is 89.1 cm³/mol. The summed E-state index contributed by atoms with van der Waals surface area (Å²) in [7, 11) is 0. The molecule has 0 radical (unpaired) electrons. The number of benzene rings is 1. The largest absolute Gasteiger partial charge is 0.452 e. The molecule has 0 fully saturated rings. The summed E-state index contributed by atoms with van der Waals surface area (Å²) < 4.78 is 4.90. The van der Waals surface area contributed by atoms with Crippen molar-refractivity contribution in [3.8, 4) is 6.07 Å². The van der Waals surface area contributed by atoms with Crippen molar-refractivity contribution in [2.75, 3.05) is 11.9 Å². The van der Waals surface area contributed by atoms with Gasteiger partial charge >= 0.3 is 5.97 Å². The zero-order valence-corrected chi connectivity index (χ0v) is 14.0. The number of nitrogens with one attached hydrogen (secondary N) is 1. The third-order valence-corrected chi connectivity index (χ3v) is 3.62. The first-order valence-corrected chi connectivity index (χ1v) is 7.46. The Morgan fingerprint density at radius 2 is 1.92 bits per heavy atom. The van der Waals surface area contributed by atoms with Crippen LogP contribution in [-0.2, 0) is 9.53 Å². The van der Waals surface area contributed by atoms with Gasteiger partial charge in [-0.15, -0.1) is 0 Å². The van der Waals surface area contributed by atoms with Crippen molar-refractivity contribution < 1.29 is 14.3 Å². The number of aryl methyl sites for hydroxylation is 1. The lowest BCUT2D eigenvalue weighted by molar-refractivity contribution is -0.119. The number of ether oxygens (including phenoxy) is 1. The van der Waals surface area contributed by atoms with Crippen LogP contribution in [0.1, 0.15) is 21.6 Å². The van der Waals surface area contributed by atoms with Crippen molar-refractivity contribution in [2.45, 2.75) is 6.92 Å². The van der Waals surface area contributed by atoms with Crippen molar-refractivity contribution in [1.82, 2.24) is 4.98 Å². The molecule has 1 N–H and O–H groups in total. The number of aromatic nitrogens is 1. The number of hydrogen-bond acceptors (Lipinski definition) is 5. The fourth-order valence-electron chi connectivity index (χ4n) is 1.71. The second-order valence-corrected chi connectivity index (χ2v) is 5.51. The van der Waals surface area contributed by atoms with Crippen LogP contribution in [0.25, 0.3) is 0 Å². The summed E-state index contributed by atoms with van der Waals surface area (Å²) in [5.74, 6) is -1.13. The summed E-state index contributed by atoms with van der Waals surface area (Å²) in [6, 6.07) is 9.26. The van der Waals surface area contributed by atoms with Crippen molar-refractivity contribution >= 4 is 40.9 Å². The number of amides is 1. The number of anilines is 1. The van der Waals surface area contributed by atoms with Gasteiger partial charge in [0.25, 0.3) is 5.91 Å². The van der Waals surface area contributed by atoms with Gasteiger partial charge in [-0.05, 0) is 37.3 Å². The molecule has 0 saturated carbocycles. The summed E-state index contributed by atoms with van der Waals surface area (Å²) >= 11 is 11.8. The Bertz CT molecular complexity index is 830. The van der Waals surface area contributed by atoms with E-state index in [1.165, 1.54) is 30.3 Å². The molecule has 1 heterocycles. The minimum absolute atomic E-state index is 0.137. The van der Waals surface area contributed by atoms with Gasteiger partial charge in [-0.1, -0.05) is 23.2 Å². The van der Waals surface area contributed by atoms with Gasteiger partial charge in [-0.3, -0.25) is 4.79 Å². The monoisotopic (exact) mass is 363 g/mol. The topological polar surface area (TPSA) is 92.1 Å². The minimum Gasteiger partial charge on any atom is -0.452 e. The number of pyridine rings is 1. The van der Waals surface area contributed by atoms with Gasteiger partial charge < -0.3 is 10.1 Å². The van der Waals surface area contributed by atoms with Crippen LogP contribution < -0.4 is 5.32 Å². The first kappa shape index (κ1) is 17.7. The summed E-state index contributed by atoms with van der Waals surface area (Å²) in [5, 5.41) is 11.7. The van der Waals surface area contributed by atoms with E-state index in [1.807, 2.05) is 6.07 Å². The number of nitriles is 1. The Balaban J connectivity index is 1.94. The van der Waals surface area contributed by atoms with Gasteiger partial charge in [0.2, 0.25) is 0 Å². The Hall–Kier alpha value is -2.62. The lowest BCUT2D eigenvalue weighted by Crippen LogP contribution is -2.21. The molecular weight excluding hydrogens is 353 g/mol. The molecule has 0 unspecified atom stereocenters. The van der Waals surface area contributed by atoms with Crippen molar-refractivity contribution in [3.63, 3.8) is 0 Å². The van der Waals surface area contributed by atoms with Crippen LogP contribution in [0.5, 0.6) is 0 Å². The maximum absolute atomic E-state index is 11.8. The lowest BCUT2D eigenvalue weighted by Gasteiger charge is -2.09. The smallest absolute Gasteiger partial charge is 0.338 e. The molecule has 8 heteroatoms. The third kappa shape index (κ3) is 4.44. The van der Waals surface area contributed by atoms with Crippen LogP contribution in [0.3, 0.4) is 0 Å². The molecule has 2 rings (SSSR count). The lowest BCUT2D eigenvalue weighted by atomic mass is 10.1. The molecule has 0 aliphatic rings. The highest BCUT2D eigenvalue weighted by Crippen LogP contribution is 2.25. The van der Waals surface area contributed by atoms with Gasteiger partial charge in [0, 0.05) is 0 Å². The molecule has 1 aromatic carbocycles. The first-order chi connectivity index (χ1) is 11.4. The minimum atomic E-state index is -0.680. The third-order valence-electron chi connectivity index (χ3n) is 2.95. The summed E-state index contributed by atoms with van der Waals surface area (Å²) in [4.78, 5) is 27.7. The van der Waals surface area contributed by atoms with Gasteiger partial charge in [0.1, 0.15) is 0 Å². The number of carbonyl (C=O) groups is 2. The Kier molecular flexibility index (Phi) is 5.74. The molecule has 122 valence electrons. The number of hydrogen-bond donors (Lipinski definition) is 1. The Morgan fingerprint density at radius 1 is 1.25 bits per heavy atom. The molecule has 0 saturated heterocycles. The molecule has 0 bridgehead atoms. The van der Waals surface area contributed by atoms with Crippen molar-refractivity contribution in [2.24, 2.45) is 0 Å². The number of nitrogens with zero attached hydrogens (tertiary/aromatic N) is 2. The summed E-state index contributed by atoms with van der Waals surface area (Å²) in [6.07, 6.45) is 0. The second kappa shape index (κ2) is 7.77. The maximum Gasteiger partial charge on any atom is 0.338 e. The highest BCUT2D eigenvalue weighted by molar-refractivity contribution is 6.36. The van der Waals surface area contributed by atoms with Gasteiger partial charge in [0.15, 0.2) is 12.4 Å². The molecule has 0 atom stereocenters. The Labute approximate surface area is 148 Å². The number of halogens is 2. The zero-order valence-electron chi connectivity index (χ0n) is 12.5. The molecule has 0 aliphatic carbocycles. The molecule has 0 aliphatic heterocycles. The predicted octanol–water partition coefficient (Wildman–Crippen LogP) is 3.36. The standard InChI is InChI=1S/C16H11Cl2N3O3/c1-9-12(17)6-13(18)15(20-9)21-14(22)8-24-16(23)11-4-2-10(7-19)3-5-11/h2-6H,8H2,1H3,(H,20,21,22). The molecule has 1 amide bonds. The van der Waals surface area contributed by atoms with E-state index in [2.05, 4.69) is 10.3 Å². The maximum atomic E-state index is 11.8. The average Bonchev–Trinajstić information content (AvgIpc) is 2.57. The summed E-state index contributed by atoms with van der Waals surface area (Å²) in [6.45, 7) is 1.16. The van der Waals surface area contributed by atoms with Crippen molar-refractivity contribution in [3.05, 3.63) is 57.2 Å². The zero-order chi connectivity index (χ0) is 17.7. The summed E-state index contributed by atoms with van der Waals surface area (Å²) in [5.41, 5.74) is 1.16. The fourth-order valence-corrected chi connectivity index (χ4v) is 2.12. The average molecular weight is 364 g/mol. The number of rotatable bonds is 4. The van der Waals surface area contributed by atoms with Gasteiger partial charge in [0.05, 0.1) is 32.9 Å². The van der Waals surface area contributed by atoms with Gasteiger partial charge in [-0.2, -0.15) is 5.26 Å². The first-order valence-electron chi connectivity index (χ1n) is 6.70. The van der Waals surface area contributed by atoms with Crippen LogP contribution in [-0.4, -0.2) is 23.5 Å². The highest BCUT2D eigenvalue weighted by atomic mass is 35.5. The van der Waals surface area contributed by atoms with Crippen molar-refractivity contribution in [1.29, 1.82) is 5.26 Å². The molecular formula is C16H11Cl2N3O3. The van der Waals surface area contributed by atoms with E-state index in [1.54, 1.807) is 6.92 Å². The second-order valence-electron chi connectivity index (χ2n) is 4.70. The van der Waals surface area contributed by atoms with Crippen LogP contribution in [0.15, 0.2) is 30.3 Å². The van der Waals surface area contributed by atoms with E-state index in [4.69, 9.17) is 33.2 Å². The van der Waals surface area contributed by atoms with E-state index in [0.29, 0.717) is 16.3 Å². The van der Waals surface area contributed by atoms with Crippen LogP contribution in [0, 0.1) is 18.3 Å². The normalized spacial score (nSPS) is 9.92. The van der Waals surface area contributed by atoms with E-state index >= 15 is 0 Å². The van der Waals surface area contributed by atoms with E-state index < -0.39 is 18.5 Å². The molecule has 24 heavy (non-hydrogen) atoms. The quantitative estimate of drug-likeness (QED) is 0.840. The number of esters is 1. The van der Waals surface area contributed by atoms with Gasteiger partial charge in [-0.25, -0.2) is 9.78 Å². The molecule has 0 spiro atoms. The highest BCUT2D eigenvalue weighted by Gasteiger charge is 2.13. The van der Waals surface area contributed by atoms with Crippen LogP contribution >= 0.6 is 23.2 Å². The SMILES string of the molecule is Cc1nc(NC(=O)COC(=O)c2ccc(C#N)cc2)c(Cl)cc1Cl. The van der Waals surface area contributed by atoms with Crippen LogP contribution in [0.2, 0.25) is 10.0 Å². The molecule has 2 aromatic rings. The van der Waals surface area contributed by atoms with Crippen LogP contribution in [0.4, 0.5) is 5.82 Å². The van der Waals surface area contributed by atoms with E-state index in [-0.39, 0.29) is 16.4 Å². The molecule has 6 nitrogen and oxygen atoms in total. The Morgan fingerprint density at radius 3 is 2.54 bits per heavy atom.